The summed E-state index contributed by atoms with van der Waals surface area (Å²) in [5, 5.41) is 4.80. The van der Waals surface area contributed by atoms with Gasteiger partial charge in [-0.05, 0) is 35.9 Å². The van der Waals surface area contributed by atoms with Gasteiger partial charge in [-0.15, -0.1) is 11.3 Å². The molecule has 0 bridgehead atoms. The van der Waals surface area contributed by atoms with E-state index < -0.39 is 15.9 Å². The minimum Gasteiger partial charge on any atom is -0.454 e. The second-order valence-corrected chi connectivity index (χ2v) is 8.49. The van der Waals surface area contributed by atoms with Crippen molar-refractivity contribution in [2.75, 3.05) is 12.1 Å². The number of ether oxygens (including phenoxy) is 2. The average molecular weight is 417 g/mol. The second kappa shape index (κ2) is 7.58. The average Bonchev–Trinajstić information content (AvgIpc) is 3.38. The van der Waals surface area contributed by atoms with Crippen LogP contribution in [0.1, 0.15) is 15.9 Å². The molecule has 0 unspecified atom stereocenters. The summed E-state index contributed by atoms with van der Waals surface area (Å²) in [6, 6.07) is 11.0. The zero-order chi connectivity index (χ0) is 19.6. The number of hydrogen-bond acceptors (Lipinski definition) is 7. The zero-order valence-corrected chi connectivity index (χ0v) is 16.0. The molecule has 2 N–H and O–H groups in total. The summed E-state index contributed by atoms with van der Waals surface area (Å²) < 4.78 is 38.3. The number of rotatable bonds is 6. The summed E-state index contributed by atoms with van der Waals surface area (Å²) in [7, 11) is -3.81. The van der Waals surface area contributed by atoms with E-state index in [0.29, 0.717) is 16.6 Å². The fraction of sp³-hybridized carbons (Fsp3) is 0.111. The van der Waals surface area contributed by atoms with Crippen molar-refractivity contribution in [1.82, 2.24) is 9.71 Å². The number of anilines is 1. The molecule has 8 nitrogen and oxygen atoms in total. The Hall–Kier alpha value is -2.95. The van der Waals surface area contributed by atoms with Gasteiger partial charge >= 0.3 is 0 Å². The van der Waals surface area contributed by atoms with Crippen molar-refractivity contribution in [3.63, 3.8) is 0 Å². The third kappa shape index (κ3) is 3.98. The number of benzene rings is 2. The summed E-state index contributed by atoms with van der Waals surface area (Å²) in [6.07, 6.45) is 1.57. The number of thiazole rings is 1. The molecule has 0 atom stereocenters. The Morgan fingerprint density at radius 1 is 1.14 bits per heavy atom. The first-order chi connectivity index (χ1) is 13.5. The Balaban J connectivity index is 1.47. The van der Waals surface area contributed by atoms with E-state index in [1.54, 1.807) is 35.8 Å². The molecule has 144 valence electrons. The van der Waals surface area contributed by atoms with Crippen molar-refractivity contribution in [3.8, 4) is 11.5 Å². The molecule has 3 aromatic rings. The van der Waals surface area contributed by atoms with E-state index in [4.69, 9.17) is 9.47 Å². The number of aromatic nitrogens is 1. The highest BCUT2D eigenvalue weighted by molar-refractivity contribution is 7.89. The molecule has 10 heteroatoms. The first kappa shape index (κ1) is 18.4. The van der Waals surface area contributed by atoms with Crippen LogP contribution < -0.4 is 19.5 Å². The van der Waals surface area contributed by atoms with Crippen LogP contribution >= 0.6 is 11.3 Å². The van der Waals surface area contributed by atoms with E-state index in [0.717, 1.165) is 5.56 Å². The van der Waals surface area contributed by atoms with Gasteiger partial charge in [-0.2, -0.15) is 0 Å². The van der Waals surface area contributed by atoms with Gasteiger partial charge in [0, 0.05) is 23.7 Å². The molecule has 0 saturated carbocycles. The molecule has 0 fully saturated rings. The van der Waals surface area contributed by atoms with Crippen LogP contribution in [0.2, 0.25) is 0 Å². The van der Waals surface area contributed by atoms with E-state index in [2.05, 4.69) is 15.0 Å². The highest BCUT2D eigenvalue weighted by atomic mass is 32.2. The Kier molecular flexibility index (Phi) is 4.99. The van der Waals surface area contributed by atoms with E-state index in [9.17, 15) is 13.2 Å². The summed E-state index contributed by atoms with van der Waals surface area (Å²) in [5.41, 5.74) is 0.951. The molecule has 0 spiro atoms. The summed E-state index contributed by atoms with van der Waals surface area (Å²) in [4.78, 5) is 16.3. The van der Waals surface area contributed by atoms with Crippen LogP contribution in [-0.4, -0.2) is 26.1 Å². The monoisotopic (exact) mass is 417 g/mol. The first-order valence-corrected chi connectivity index (χ1v) is 10.6. The van der Waals surface area contributed by atoms with E-state index in [1.807, 2.05) is 0 Å². The normalized spacial score (nSPS) is 12.7. The lowest BCUT2D eigenvalue weighted by atomic mass is 10.2. The van der Waals surface area contributed by atoms with Crippen LogP contribution in [0, 0.1) is 0 Å². The number of amides is 1. The first-order valence-electron chi connectivity index (χ1n) is 8.20. The second-order valence-electron chi connectivity index (χ2n) is 5.83. The largest absolute Gasteiger partial charge is 0.454 e. The summed E-state index contributed by atoms with van der Waals surface area (Å²) in [6.45, 7) is 0.231. The van der Waals surface area contributed by atoms with Crippen LogP contribution in [-0.2, 0) is 16.6 Å². The van der Waals surface area contributed by atoms with Crippen molar-refractivity contribution in [3.05, 3.63) is 65.2 Å². The van der Waals surface area contributed by atoms with Crippen molar-refractivity contribution < 1.29 is 22.7 Å². The maximum Gasteiger partial charge on any atom is 0.257 e. The topological polar surface area (TPSA) is 107 Å². The number of sulfonamides is 1. The Labute approximate surface area is 165 Å². The van der Waals surface area contributed by atoms with Crippen LogP contribution in [0.5, 0.6) is 11.5 Å². The summed E-state index contributed by atoms with van der Waals surface area (Å²) >= 11 is 1.28. The van der Waals surface area contributed by atoms with E-state index >= 15 is 0 Å². The van der Waals surface area contributed by atoms with Crippen LogP contribution in [0.15, 0.2) is 58.9 Å². The molecule has 28 heavy (non-hydrogen) atoms. The zero-order valence-electron chi connectivity index (χ0n) is 14.4. The molecule has 1 aromatic heterocycles. The highest BCUT2D eigenvalue weighted by Gasteiger charge is 2.18. The molecule has 0 radical (unpaired) electrons. The quantitative estimate of drug-likeness (QED) is 0.639. The molecule has 2 aromatic carbocycles. The minimum absolute atomic E-state index is 0.0000297. The van der Waals surface area contributed by atoms with Crippen molar-refractivity contribution in [2.24, 2.45) is 0 Å². The highest BCUT2D eigenvalue weighted by Crippen LogP contribution is 2.32. The number of hydrogen-bond donors (Lipinski definition) is 2. The maximum absolute atomic E-state index is 12.6. The van der Waals surface area contributed by atoms with Gasteiger partial charge < -0.3 is 9.47 Å². The standard InChI is InChI=1S/C18H15N3O5S2/c22-17(21-18-19-6-7-27-18)13-2-1-3-14(9-13)28(23,24)20-10-12-4-5-15-16(8-12)26-11-25-15/h1-9,20H,10-11H2,(H,19,21,22). The van der Waals surface area contributed by atoms with Crippen LogP contribution in [0.4, 0.5) is 5.13 Å². The number of nitrogens with one attached hydrogen (secondary N) is 2. The SMILES string of the molecule is O=C(Nc1nccs1)c1cccc(S(=O)(=O)NCc2ccc3c(c2)OCO3)c1. The maximum atomic E-state index is 12.6. The van der Waals surface area contributed by atoms with Gasteiger partial charge in [0.15, 0.2) is 16.6 Å². The van der Waals surface area contributed by atoms with Gasteiger partial charge in [-0.25, -0.2) is 18.1 Å². The minimum atomic E-state index is -3.81. The fourth-order valence-electron chi connectivity index (χ4n) is 2.57. The third-order valence-electron chi connectivity index (χ3n) is 3.96. The molecular formula is C18H15N3O5S2. The van der Waals surface area contributed by atoms with Gasteiger partial charge in [0.2, 0.25) is 16.8 Å². The van der Waals surface area contributed by atoms with Gasteiger partial charge in [-0.3, -0.25) is 10.1 Å². The smallest absolute Gasteiger partial charge is 0.257 e. The Bertz CT molecular complexity index is 1110. The molecule has 4 rings (SSSR count). The van der Waals surface area contributed by atoms with E-state index in [1.165, 1.54) is 29.5 Å². The molecule has 1 amide bonds. The molecule has 0 aliphatic carbocycles. The van der Waals surface area contributed by atoms with Gasteiger partial charge in [0.25, 0.3) is 5.91 Å². The summed E-state index contributed by atoms with van der Waals surface area (Å²) in [5.74, 6) is 0.783. The predicted molar refractivity (Wildman–Crippen MR) is 103 cm³/mol. The lowest BCUT2D eigenvalue weighted by Crippen LogP contribution is -2.23. The number of nitrogens with zero attached hydrogens (tertiary/aromatic N) is 1. The third-order valence-corrected chi connectivity index (χ3v) is 6.05. The lowest BCUT2D eigenvalue weighted by molar-refractivity contribution is 0.102. The Morgan fingerprint density at radius 2 is 2.00 bits per heavy atom. The molecule has 1 aliphatic heterocycles. The predicted octanol–water partition coefficient (Wildman–Crippen LogP) is 2.60. The van der Waals surface area contributed by atoms with Gasteiger partial charge in [-0.1, -0.05) is 12.1 Å². The number of carbonyl (C=O) groups is 1. The molecule has 1 aliphatic rings. The van der Waals surface area contributed by atoms with Crippen LogP contribution in [0.25, 0.3) is 0 Å². The van der Waals surface area contributed by atoms with E-state index in [-0.39, 0.29) is 23.8 Å². The fourth-order valence-corrected chi connectivity index (χ4v) is 4.16. The van der Waals surface area contributed by atoms with Gasteiger partial charge in [0.1, 0.15) is 0 Å². The van der Waals surface area contributed by atoms with Crippen molar-refractivity contribution in [2.45, 2.75) is 11.4 Å². The van der Waals surface area contributed by atoms with Gasteiger partial charge in [0.05, 0.1) is 4.90 Å². The molecular weight excluding hydrogens is 402 g/mol. The van der Waals surface area contributed by atoms with Crippen molar-refractivity contribution >= 4 is 32.4 Å². The lowest BCUT2D eigenvalue weighted by Gasteiger charge is -2.09. The van der Waals surface area contributed by atoms with Crippen molar-refractivity contribution in [1.29, 1.82) is 0 Å². The Morgan fingerprint density at radius 3 is 2.82 bits per heavy atom. The number of fused-ring (bicyclic) bond motifs is 1. The molecule has 2 heterocycles. The molecule has 0 saturated heterocycles. The van der Waals surface area contributed by atoms with Crippen LogP contribution in [0.3, 0.4) is 0 Å². The number of carbonyl (C=O) groups excluding carboxylic acids is 1.